The lowest BCUT2D eigenvalue weighted by molar-refractivity contribution is -0.122. The fraction of sp³-hybridized carbons (Fsp3) is 0.0400. The number of halogens is 2. The highest BCUT2D eigenvalue weighted by Crippen LogP contribution is 2.32. The fourth-order valence-corrected chi connectivity index (χ4v) is 4.45. The van der Waals surface area contributed by atoms with E-state index in [-0.39, 0.29) is 28.6 Å². The zero-order valence-corrected chi connectivity index (χ0v) is 19.7. The summed E-state index contributed by atoms with van der Waals surface area (Å²) in [5.41, 5.74) is 1.10. The van der Waals surface area contributed by atoms with Gasteiger partial charge < -0.3 is 14.1 Å². The number of nitrogens with zero attached hydrogens (tertiary/aromatic N) is 2. The largest absolute Gasteiger partial charge is 0.475 e. The molecule has 180 valence electrons. The van der Waals surface area contributed by atoms with Crippen LogP contribution in [0.1, 0.15) is 21.9 Å². The molecule has 0 bridgehead atoms. The van der Waals surface area contributed by atoms with Crippen LogP contribution >= 0.6 is 23.2 Å². The highest BCUT2D eigenvalue weighted by molar-refractivity contribution is 6.42. The number of imide groups is 2. The van der Waals surface area contributed by atoms with Crippen molar-refractivity contribution in [2.24, 2.45) is 0 Å². The summed E-state index contributed by atoms with van der Waals surface area (Å²) in [6, 6.07) is 13.5. The molecule has 0 radical (unpaired) electrons. The number of benzene rings is 2. The van der Waals surface area contributed by atoms with E-state index in [0.29, 0.717) is 16.3 Å². The summed E-state index contributed by atoms with van der Waals surface area (Å²) in [6.07, 6.45) is 3.10. The van der Waals surface area contributed by atoms with Crippen LogP contribution in [0.5, 0.6) is 0 Å². The Hall–Kier alpha value is -4.34. The Bertz CT molecular complexity index is 1620. The van der Waals surface area contributed by atoms with Crippen molar-refractivity contribution in [3.63, 3.8) is 0 Å². The van der Waals surface area contributed by atoms with Crippen molar-refractivity contribution in [2.45, 2.75) is 6.54 Å². The number of barbiturate groups is 1. The molecular formula is C25H15Cl2N3O6. The number of anilines is 1. The molecule has 2 aromatic heterocycles. The molecule has 0 saturated carbocycles. The quantitative estimate of drug-likeness (QED) is 0.281. The second kappa shape index (κ2) is 9.03. The first-order chi connectivity index (χ1) is 17.2. The van der Waals surface area contributed by atoms with Crippen molar-refractivity contribution in [2.75, 3.05) is 4.90 Å². The minimum atomic E-state index is -1.18. The molecule has 4 aromatic rings. The molecule has 3 heterocycles. The Kier molecular flexibility index (Phi) is 5.87. The molecular weight excluding hydrogens is 509 g/mol. The Balaban J connectivity index is 1.56. The van der Waals surface area contributed by atoms with Gasteiger partial charge in [-0.25, -0.2) is 14.5 Å². The first-order valence-corrected chi connectivity index (χ1v) is 11.2. The lowest BCUT2D eigenvalue weighted by Gasteiger charge is -2.27. The normalized spacial score (nSPS) is 15.1. The van der Waals surface area contributed by atoms with E-state index in [4.69, 9.17) is 32.7 Å². The SMILES string of the molecule is O=C1NC(=O)N(c2ccc(Cl)cc2Cl)C(=O)/C1=C/c1cn(Cc2ccc(C(=O)O)o2)c2ccccc12. The summed E-state index contributed by atoms with van der Waals surface area (Å²) < 4.78 is 7.17. The van der Waals surface area contributed by atoms with Gasteiger partial charge in [0.1, 0.15) is 11.3 Å². The van der Waals surface area contributed by atoms with Gasteiger partial charge >= 0.3 is 12.0 Å². The number of urea groups is 1. The molecule has 4 amide bonds. The summed E-state index contributed by atoms with van der Waals surface area (Å²) in [4.78, 5) is 50.4. The number of carbonyl (C=O) groups excluding carboxylic acids is 3. The molecule has 2 N–H and O–H groups in total. The first-order valence-electron chi connectivity index (χ1n) is 10.5. The van der Waals surface area contributed by atoms with Gasteiger partial charge in [-0.05, 0) is 42.5 Å². The van der Waals surface area contributed by atoms with Crippen molar-refractivity contribution in [3.8, 4) is 0 Å². The van der Waals surface area contributed by atoms with E-state index in [9.17, 15) is 19.2 Å². The van der Waals surface area contributed by atoms with Crippen molar-refractivity contribution in [1.29, 1.82) is 0 Å². The summed E-state index contributed by atoms with van der Waals surface area (Å²) in [5, 5.41) is 12.4. The minimum Gasteiger partial charge on any atom is -0.475 e. The summed E-state index contributed by atoms with van der Waals surface area (Å²) >= 11 is 12.1. The van der Waals surface area contributed by atoms with Crippen molar-refractivity contribution >= 4 is 69.7 Å². The van der Waals surface area contributed by atoms with E-state index in [2.05, 4.69) is 5.32 Å². The van der Waals surface area contributed by atoms with E-state index < -0.39 is 23.8 Å². The number of amides is 4. The molecule has 1 fully saturated rings. The highest BCUT2D eigenvalue weighted by Gasteiger charge is 2.38. The highest BCUT2D eigenvalue weighted by atomic mass is 35.5. The fourth-order valence-electron chi connectivity index (χ4n) is 3.96. The zero-order valence-electron chi connectivity index (χ0n) is 18.2. The monoisotopic (exact) mass is 523 g/mol. The maximum absolute atomic E-state index is 13.3. The van der Waals surface area contributed by atoms with Gasteiger partial charge in [0.25, 0.3) is 11.8 Å². The summed E-state index contributed by atoms with van der Waals surface area (Å²) in [6.45, 7) is 0.210. The molecule has 0 atom stereocenters. The number of carboxylic acid groups (broad SMARTS) is 1. The third kappa shape index (κ3) is 4.15. The van der Waals surface area contributed by atoms with Gasteiger partial charge in [0, 0.05) is 27.7 Å². The molecule has 2 aromatic carbocycles. The number of carboxylic acids is 1. The van der Waals surface area contributed by atoms with Crippen LogP contribution in [0.2, 0.25) is 10.0 Å². The number of hydrogen-bond donors (Lipinski definition) is 2. The van der Waals surface area contributed by atoms with Gasteiger partial charge in [-0.1, -0.05) is 41.4 Å². The lowest BCUT2D eigenvalue weighted by Crippen LogP contribution is -2.54. The van der Waals surface area contributed by atoms with Gasteiger partial charge in [-0.3, -0.25) is 14.9 Å². The number of furan rings is 1. The van der Waals surface area contributed by atoms with Gasteiger partial charge in [0.15, 0.2) is 0 Å². The van der Waals surface area contributed by atoms with E-state index in [0.717, 1.165) is 15.8 Å². The van der Waals surface area contributed by atoms with E-state index in [1.165, 1.54) is 30.3 Å². The molecule has 0 spiro atoms. The Morgan fingerprint density at radius 2 is 1.83 bits per heavy atom. The molecule has 1 aliphatic rings. The summed E-state index contributed by atoms with van der Waals surface area (Å²) in [5.74, 6) is -2.64. The van der Waals surface area contributed by atoms with E-state index in [1.54, 1.807) is 22.9 Å². The predicted molar refractivity (Wildman–Crippen MR) is 132 cm³/mol. The van der Waals surface area contributed by atoms with E-state index >= 15 is 0 Å². The Morgan fingerprint density at radius 3 is 2.56 bits per heavy atom. The average molecular weight is 524 g/mol. The van der Waals surface area contributed by atoms with Crippen LogP contribution in [-0.2, 0) is 16.1 Å². The Morgan fingerprint density at radius 1 is 1.06 bits per heavy atom. The predicted octanol–water partition coefficient (Wildman–Crippen LogP) is 4.95. The number of fused-ring (bicyclic) bond motifs is 1. The third-order valence-corrected chi connectivity index (χ3v) is 6.11. The van der Waals surface area contributed by atoms with Crippen LogP contribution in [0.15, 0.2) is 70.8 Å². The van der Waals surface area contributed by atoms with Crippen molar-refractivity contribution in [3.05, 3.63) is 93.5 Å². The van der Waals surface area contributed by atoms with Crippen LogP contribution in [0, 0.1) is 0 Å². The van der Waals surface area contributed by atoms with Crippen molar-refractivity contribution in [1.82, 2.24) is 9.88 Å². The minimum absolute atomic E-state index is 0.0653. The first kappa shape index (κ1) is 23.4. The lowest BCUT2D eigenvalue weighted by atomic mass is 10.1. The van der Waals surface area contributed by atoms with Gasteiger partial charge in [-0.15, -0.1) is 0 Å². The van der Waals surface area contributed by atoms with Crippen molar-refractivity contribution < 1.29 is 28.7 Å². The zero-order chi connectivity index (χ0) is 25.6. The van der Waals surface area contributed by atoms with E-state index in [1.807, 2.05) is 18.2 Å². The van der Waals surface area contributed by atoms with Gasteiger partial charge in [0.2, 0.25) is 5.76 Å². The smallest absolute Gasteiger partial charge is 0.371 e. The number of para-hydroxylation sites is 1. The maximum atomic E-state index is 13.3. The van der Waals surface area contributed by atoms with Crippen LogP contribution in [-0.4, -0.2) is 33.5 Å². The second-order valence-corrected chi connectivity index (χ2v) is 8.70. The number of rotatable bonds is 5. The summed E-state index contributed by atoms with van der Waals surface area (Å²) in [7, 11) is 0. The molecule has 9 nitrogen and oxygen atoms in total. The number of nitrogens with one attached hydrogen (secondary N) is 1. The molecule has 0 unspecified atom stereocenters. The van der Waals surface area contributed by atoms with Crippen LogP contribution in [0.4, 0.5) is 10.5 Å². The Labute approximate surface area is 213 Å². The molecule has 1 saturated heterocycles. The number of aromatic carboxylic acids is 1. The number of aromatic nitrogens is 1. The van der Waals surface area contributed by atoms with Gasteiger partial charge in [0.05, 0.1) is 17.3 Å². The van der Waals surface area contributed by atoms with Crippen LogP contribution in [0.3, 0.4) is 0 Å². The number of carbonyl (C=O) groups is 4. The maximum Gasteiger partial charge on any atom is 0.371 e. The average Bonchev–Trinajstić information content (AvgIpc) is 3.43. The standard InChI is InChI=1S/C25H15Cl2N3O6/c26-14-5-7-20(18(27)10-14)30-23(32)17(22(31)28-25(30)35)9-13-11-29(19-4-2-1-3-16(13)19)12-15-6-8-21(36-15)24(33)34/h1-11H,12H2,(H,33,34)(H,28,31,35)/b17-9+. The van der Waals surface area contributed by atoms with Crippen LogP contribution in [0.25, 0.3) is 17.0 Å². The number of hydrogen-bond acceptors (Lipinski definition) is 5. The molecule has 5 rings (SSSR count). The second-order valence-electron chi connectivity index (χ2n) is 7.85. The molecule has 0 aliphatic carbocycles. The van der Waals surface area contributed by atoms with Crippen LogP contribution < -0.4 is 10.2 Å². The van der Waals surface area contributed by atoms with Gasteiger partial charge in [-0.2, -0.15) is 0 Å². The molecule has 36 heavy (non-hydrogen) atoms. The topological polar surface area (TPSA) is 122 Å². The molecule has 1 aliphatic heterocycles. The third-order valence-electron chi connectivity index (χ3n) is 5.57. The molecule has 11 heteroatoms.